The Labute approximate surface area is 117 Å². The number of hydrogen-bond acceptors (Lipinski definition) is 4. The van der Waals surface area contributed by atoms with E-state index in [0.717, 1.165) is 31.0 Å². The lowest BCUT2D eigenvalue weighted by Gasteiger charge is -2.29. The fraction of sp³-hybridized carbons (Fsp3) is 0.462. The molecule has 0 spiro atoms. The number of nitriles is 1. The van der Waals surface area contributed by atoms with Gasteiger partial charge in [-0.15, -0.1) is 0 Å². The van der Waals surface area contributed by atoms with E-state index in [9.17, 15) is 12.8 Å². The average molecular weight is 297 g/mol. The minimum atomic E-state index is -3.83. The van der Waals surface area contributed by atoms with Gasteiger partial charge in [-0.1, -0.05) is 0 Å². The van der Waals surface area contributed by atoms with Crippen molar-refractivity contribution in [2.75, 3.05) is 6.54 Å². The van der Waals surface area contributed by atoms with Gasteiger partial charge in [-0.05, 0) is 43.9 Å². The van der Waals surface area contributed by atoms with Gasteiger partial charge >= 0.3 is 0 Å². The van der Waals surface area contributed by atoms with Crippen LogP contribution in [0.1, 0.15) is 25.3 Å². The van der Waals surface area contributed by atoms with Crippen LogP contribution in [0, 0.1) is 23.1 Å². The summed E-state index contributed by atoms with van der Waals surface area (Å²) in [5.74, 6) is -0.520. The normalized spacial score (nSPS) is 18.3. The molecule has 1 aliphatic rings. The van der Waals surface area contributed by atoms with Crippen LogP contribution in [0.25, 0.3) is 0 Å². The number of nitrogens with two attached hydrogens (primary N) is 1. The first kappa shape index (κ1) is 14.9. The quantitative estimate of drug-likeness (QED) is 0.850. The molecule has 0 aliphatic heterocycles. The van der Waals surface area contributed by atoms with Crippen molar-refractivity contribution >= 4 is 10.0 Å². The van der Waals surface area contributed by atoms with Crippen molar-refractivity contribution in [3.8, 4) is 6.07 Å². The molecule has 1 unspecified atom stereocenters. The lowest BCUT2D eigenvalue weighted by molar-refractivity contribution is 0.374. The van der Waals surface area contributed by atoms with Crippen molar-refractivity contribution in [2.45, 2.75) is 30.2 Å². The van der Waals surface area contributed by atoms with Crippen LogP contribution in [0.5, 0.6) is 0 Å². The van der Waals surface area contributed by atoms with Crippen LogP contribution in [0.4, 0.5) is 4.39 Å². The molecule has 2 rings (SSSR count). The standard InChI is InChI=1S/C13H16FN3O2S/c1-13(8-16,10-2-3-10)17-20(18,19)11-4-5-12(14)9(6-11)7-15/h4-6,10,17H,2-3,8,16H2,1H3. The topological polar surface area (TPSA) is 96.0 Å². The number of halogens is 1. The van der Waals surface area contributed by atoms with Crippen molar-refractivity contribution in [1.29, 1.82) is 5.26 Å². The van der Waals surface area contributed by atoms with Gasteiger partial charge < -0.3 is 5.73 Å². The number of nitrogens with zero attached hydrogens (tertiary/aromatic N) is 1. The summed E-state index contributed by atoms with van der Waals surface area (Å²) in [6.07, 6.45) is 1.87. The van der Waals surface area contributed by atoms with Gasteiger partial charge in [0.05, 0.1) is 10.5 Å². The van der Waals surface area contributed by atoms with E-state index in [-0.39, 0.29) is 22.9 Å². The third-order valence-corrected chi connectivity index (χ3v) is 5.25. The molecule has 0 aromatic heterocycles. The number of nitrogens with one attached hydrogen (secondary N) is 1. The van der Waals surface area contributed by atoms with Gasteiger partial charge in [-0.2, -0.15) is 5.26 Å². The van der Waals surface area contributed by atoms with Crippen LogP contribution >= 0.6 is 0 Å². The van der Waals surface area contributed by atoms with E-state index in [0.29, 0.717) is 0 Å². The van der Waals surface area contributed by atoms with Crippen molar-refractivity contribution in [3.05, 3.63) is 29.6 Å². The predicted molar refractivity (Wildman–Crippen MR) is 71.6 cm³/mol. The Kier molecular flexibility index (Phi) is 3.82. The van der Waals surface area contributed by atoms with Crippen molar-refractivity contribution in [2.24, 2.45) is 11.7 Å². The van der Waals surface area contributed by atoms with E-state index in [1.54, 1.807) is 13.0 Å². The first-order valence-electron chi connectivity index (χ1n) is 6.26. The van der Waals surface area contributed by atoms with Gasteiger partial charge in [-0.25, -0.2) is 17.5 Å². The molecular weight excluding hydrogens is 281 g/mol. The lowest BCUT2D eigenvalue weighted by Crippen LogP contribution is -2.52. The largest absolute Gasteiger partial charge is 0.329 e. The van der Waals surface area contributed by atoms with Crippen LogP contribution in [0.15, 0.2) is 23.1 Å². The molecule has 108 valence electrons. The molecule has 0 heterocycles. The van der Waals surface area contributed by atoms with Gasteiger partial charge in [0.1, 0.15) is 11.9 Å². The minimum absolute atomic E-state index is 0.129. The molecule has 1 aromatic rings. The highest BCUT2D eigenvalue weighted by molar-refractivity contribution is 7.89. The molecule has 1 fully saturated rings. The zero-order valence-electron chi connectivity index (χ0n) is 11.1. The third kappa shape index (κ3) is 2.82. The molecule has 0 bridgehead atoms. The summed E-state index contributed by atoms with van der Waals surface area (Å²) in [5.41, 5.74) is 4.67. The molecule has 1 aromatic carbocycles. The number of hydrogen-bond donors (Lipinski definition) is 2. The van der Waals surface area contributed by atoms with E-state index in [4.69, 9.17) is 11.0 Å². The second-order valence-corrected chi connectivity index (χ2v) is 6.94. The van der Waals surface area contributed by atoms with Crippen LogP contribution < -0.4 is 10.5 Å². The molecule has 0 amide bonds. The van der Waals surface area contributed by atoms with Crippen molar-refractivity contribution in [1.82, 2.24) is 4.72 Å². The van der Waals surface area contributed by atoms with E-state index in [1.807, 2.05) is 0 Å². The highest BCUT2D eigenvalue weighted by atomic mass is 32.2. The summed E-state index contributed by atoms with van der Waals surface area (Å²) >= 11 is 0. The van der Waals surface area contributed by atoms with E-state index < -0.39 is 21.4 Å². The monoisotopic (exact) mass is 297 g/mol. The SMILES string of the molecule is CC(CN)(NS(=O)(=O)c1ccc(F)c(C#N)c1)C1CC1. The summed E-state index contributed by atoms with van der Waals surface area (Å²) in [5, 5.41) is 8.76. The van der Waals surface area contributed by atoms with E-state index >= 15 is 0 Å². The minimum Gasteiger partial charge on any atom is -0.329 e. The molecule has 1 saturated carbocycles. The Morgan fingerprint density at radius 2 is 2.20 bits per heavy atom. The molecule has 5 nitrogen and oxygen atoms in total. The number of rotatable bonds is 5. The predicted octanol–water partition coefficient (Wildman–Crippen LogP) is 1.10. The smallest absolute Gasteiger partial charge is 0.241 e. The second kappa shape index (κ2) is 5.13. The lowest BCUT2D eigenvalue weighted by atomic mass is 9.98. The summed E-state index contributed by atoms with van der Waals surface area (Å²) in [6, 6.07) is 4.77. The Morgan fingerprint density at radius 1 is 1.55 bits per heavy atom. The Morgan fingerprint density at radius 3 is 2.70 bits per heavy atom. The second-order valence-electron chi connectivity index (χ2n) is 5.25. The summed E-state index contributed by atoms with van der Waals surface area (Å²) < 4.78 is 40.5. The maximum atomic E-state index is 13.2. The maximum Gasteiger partial charge on any atom is 0.241 e. The zero-order chi connectivity index (χ0) is 15.0. The number of sulfonamides is 1. The van der Waals surface area contributed by atoms with Crippen LogP contribution in [0.2, 0.25) is 0 Å². The highest BCUT2D eigenvalue weighted by Crippen LogP contribution is 2.39. The molecule has 20 heavy (non-hydrogen) atoms. The summed E-state index contributed by atoms with van der Waals surface area (Å²) in [4.78, 5) is -0.129. The Bertz CT molecular complexity index is 665. The molecule has 7 heteroatoms. The highest BCUT2D eigenvalue weighted by Gasteiger charge is 2.43. The first-order valence-corrected chi connectivity index (χ1v) is 7.74. The maximum absolute atomic E-state index is 13.2. The van der Waals surface area contributed by atoms with Gasteiger partial charge in [0.25, 0.3) is 0 Å². The van der Waals surface area contributed by atoms with Gasteiger partial charge in [0, 0.05) is 12.1 Å². The van der Waals surface area contributed by atoms with Crippen molar-refractivity contribution < 1.29 is 12.8 Å². The Hall–Kier alpha value is -1.49. The zero-order valence-corrected chi connectivity index (χ0v) is 11.9. The molecule has 1 aliphatic carbocycles. The van der Waals surface area contributed by atoms with E-state index in [2.05, 4.69) is 4.72 Å². The Balaban J connectivity index is 2.33. The van der Waals surface area contributed by atoms with Crippen molar-refractivity contribution in [3.63, 3.8) is 0 Å². The average Bonchev–Trinajstić information content (AvgIpc) is 3.23. The fourth-order valence-electron chi connectivity index (χ4n) is 2.14. The molecule has 0 saturated heterocycles. The summed E-state index contributed by atoms with van der Waals surface area (Å²) in [7, 11) is -3.83. The van der Waals surface area contributed by atoms with Crippen LogP contribution in [0.3, 0.4) is 0 Å². The summed E-state index contributed by atoms with van der Waals surface area (Å²) in [6.45, 7) is 1.94. The van der Waals surface area contributed by atoms with Gasteiger partial charge in [0.2, 0.25) is 10.0 Å². The molecule has 3 N–H and O–H groups in total. The third-order valence-electron chi connectivity index (χ3n) is 3.64. The van der Waals surface area contributed by atoms with Crippen LogP contribution in [-0.4, -0.2) is 20.5 Å². The molecular formula is C13H16FN3O2S. The fourth-order valence-corrected chi connectivity index (χ4v) is 3.64. The molecule has 0 radical (unpaired) electrons. The van der Waals surface area contributed by atoms with Gasteiger partial charge in [0.15, 0.2) is 0 Å². The first-order chi connectivity index (χ1) is 9.32. The van der Waals surface area contributed by atoms with Gasteiger partial charge in [-0.3, -0.25) is 0 Å². The molecule has 1 atom stereocenters. The van der Waals surface area contributed by atoms with Crippen LogP contribution in [-0.2, 0) is 10.0 Å². The number of benzene rings is 1. The van der Waals surface area contributed by atoms with E-state index in [1.165, 1.54) is 0 Å².